The van der Waals surface area contributed by atoms with Crippen LogP contribution in [0.15, 0.2) is 46.6 Å². The SMILES string of the molecule is CC(C)=CCCC(C)CCOC(=O)CN(CCCN(CC(=O)OCCC(C)CCC=C(C)C)CC(=O)OCCC(C)CCC=C(C)C)CC(=O)OCCC(C)CCC=C(C)C. The highest BCUT2D eigenvalue weighted by Crippen LogP contribution is 2.15. The van der Waals surface area contributed by atoms with Crippen molar-refractivity contribution in [3.05, 3.63) is 46.6 Å². The second kappa shape index (κ2) is 36.3. The van der Waals surface area contributed by atoms with Crippen molar-refractivity contribution in [2.45, 2.75) is 167 Å². The first-order valence-corrected chi connectivity index (χ1v) is 23.5. The van der Waals surface area contributed by atoms with Crippen LogP contribution in [0, 0.1) is 23.7 Å². The molecular weight excluding hydrogens is 769 g/mol. The maximum absolute atomic E-state index is 13.1. The molecule has 0 aliphatic rings. The Bertz CT molecular complexity index is 1140. The second-order valence-electron chi connectivity index (χ2n) is 18.7. The van der Waals surface area contributed by atoms with E-state index in [0.717, 1.165) is 77.0 Å². The molecule has 4 atom stereocenters. The molecule has 352 valence electrons. The van der Waals surface area contributed by atoms with E-state index in [9.17, 15) is 19.2 Å². The summed E-state index contributed by atoms with van der Waals surface area (Å²) < 4.78 is 22.5. The first-order chi connectivity index (χ1) is 28.9. The van der Waals surface area contributed by atoms with Crippen molar-refractivity contribution in [3.8, 4) is 0 Å². The number of hydrogen-bond donors (Lipinski definition) is 0. The summed E-state index contributed by atoms with van der Waals surface area (Å²) in [5, 5.41) is 0. The van der Waals surface area contributed by atoms with E-state index in [4.69, 9.17) is 18.9 Å². The zero-order valence-electron chi connectivity index (χ0n) is 41.0. The smallest absolute Gasteiger partial charge is 0.320 e. The Kier molecular flexibility index (Phi) is 34.3. The van der Waals surface area contributed by atoms with Gasteiger partial charge in [-0.2, -0.15) is 0 Å². The molecule has 0 radical (unpaired) electrons. The summed E-state index contributed by atoms with van der Waals surface area (Å²) in [6.45, 7) is 27.1. The van der Waals surface area contributed by atoms with Crippen LogP contribution < -0.4 is 0 Å². The maximum Gasteiger partial charge on any atom is 0.320 e. The first-order valence-electron chi connectivity index (χ1n) is 23.5. The van der Waals surface area contributed by atoms with Gasteiger partial charge in [-0.15, -0.1) is 0 Å². The topological polar surface area (TPSA) is 112 Å². The summed E-state index contributed by atoms with van der Waals surface area (Å²) in [7, 11) is 0. The van der Waals surface area contributed by atoms with Gasteiger partial charge in [0.25, 0.3) is 0 Å². The van der Waals surface area contributed by atoms with Crippen LogP contribution in [0.3, 0.4) is 0 Å². The molecule has 10 heteroatoms. The number of esters is 4. The second-order valence-corrected chi connectivity index (χ2v) is 18.7. The van der Waals surface area contributed by atoms with E-state index in [-0.39, 0.29) is 26.2 Å². The lowest BCUT2D eigenvalue weighted by Crippen LogP contribution is -2.40. The summed E-state index contributed by atoms with van der Waals surface area (Å²) >= 11 is 0. The molecule has 61 heavy (non-hydrogen) atoms. The molecule has 0 fully saturated rings. The van der Waals surface area contributed by atoms with Crippen molar-refractivity contribution in [1.29, 1.82) is 0 Å². The van der Waals surface area contributed by atoms with Gasteiger partial charge in [-0.1, -0.05) is 74.3 Å². The van der Waals surface area contributed by atoms with Crippen LogP contribution >= 0.6 is 0 Å². The molecule has 0 saturated carbocycles. The normalized spacial score (nSPS) is 13.1. The van der Waals surface area contributed by atoms with Crippen LogP contribution in [-0.2, 0) is 38.1 Å². The van der Waals surface area contributed by atoms with Crippen LogP contribution in [0.1, 0.15) is 167 Å². The minimum absolute atomic E-state index is 0.0674. The fourth-order valence-electron chi connectivity index (χ4n) is 6.56. The first kappa shape index (κ1) is 57.8. The molecular formula is C51H90N2O8. The van der Waals surface area contributed by atoms with Crippen molar-refractivity contribution in [3.63, 3.8) is 0 Å². The highest BCUT2D eigenvalue weighted by atomic mass is 16.5. The van der Waals surface area contributed by atoms with Crippen LogP contribution in [0.2, 0.25) is 0 Å². The molecule has 0 N–H and O–H groups in total. The van der Waals surface area contributed by atoms with Crippen molar-refractivity contribution >= 4 is 23.9 Å². The van der Waals surface area contributed by atoms with Gasteiger partial charge in [0, 0.05) is 13.1 Å². The Morgan fingerprint density at radius 1 is 0.377 bits per heavy atom. The number of carbonyl (C=O) groups excluding carboxylic acids is 4. The minimum atomic E-state index is -0.397. The highest BCUT2D eigenvalue weighted by molar-refractivity contribution is 5.75. The average Bonchev–Trinajstić information content (AvgIpc) is 3.14. The van der Waals surface area contributed by atoms with Crippen molar-refractivity contribution in [1.82, 2.24) is 9.80 Å². The number of ether oxygens (including phenoxy) is 4. The average molecular weight is 859 g/mol. The summed E-state index contributed by atoms with van der Waals surface area (Å²) in [4.78, 5) is 55.7. The number of nitrogens with zero attached hydrogens (tertiary/aromatic N) is 2. The zero-order chi connectivity index (χ0) is 46.0. The molecule has 0 spiro atoms. The molecule has 0 aromatic rings. The lowest BCUT2D eigenvalue weighted by Gasteiger charge is -2.24. The monoisotopic (exact) mass is 859 g/mol. The molecule has 0 amide bonds. The lowest BCUT2D eigenvalue weighted by molar-refractivity contribution is -0.150. The third-order valence-electron chi connectivity index (χ3n) is 10.7. The Labute approximate surface area is 373 Å². The molecule has 0 aromatic carbocycles. The van der Waals surface area contributed by atoms with Gasteiger partial charge < -0.3 is 18.9 Å². The molecule has 0 bridgehead atoms. The minimum Gasteiger partial charge on any atom is -0.465 e. The largest absolute Gasteiger partial charge is 0.465 e. The summed E-state index contributed by atoms with van der Waals surface area (Å²) in [5.41, 5.74) is 5.19. The van der Waals surface area contributed by atoms with E-state index in [1.807, 2.05) is 0 Å². The number of hydrogen-bond acceptors (Lipinski definition) is 10. The Balaban J connectivity index is 5.58. The van der Waals surface area contributed by atoms with E-state index < -0.39 is 23.9 Å². The summed E-state index contributed by atoms with van der Waals surface area (Å²) in [6, 6.07) is 0. The van der Waals surface area contributed by atoms with Gasteiger partial charge in [0.1, 0.15) is 0 Å². The predicted molar refractivity (Wildman–Crippen MR) is 251 cm³/mol. The van der Waals surface area contributed by atoms with E-state index in [2.05, 4.69) is 107 Å². The van der Waals surface area contributed by atoms with Crippen LogP contribution in [-0.4, -0.2) is 99.4 Å². The molecule has 0 saturated heterocycles. The Hall–Kier alpha value is -3.24. The summed E-state index contributed by atoms with van der Waals surface area (Å²) in [6.07, 6.45) is 20.5. The molecule has 0 aliphatic heterocycles. The van der Waals surface area contributed by atoms with Gasteiger partial charge >= 0.3 is 23.9 Å². The van der Waals surface area contributed by atoms with Gasteiger partial charge in [-0.05, 0) is 163 Å². The van der Waals surface area contributed by atoms with E-state index in [1.54, 1.807) is 9.80 Å². The van der Waals surface area contributed by atoms with Crippen LogP contribution in [0.25, 0.3) is 0 Å². The Morgan fingerprint density at radius 3 is 0.787 bits per heavy atom. The lowest BCUT2D eigenvalue weighted by atomic mass is 10.0. The van der Waals surface area contributed by atoms with Gasteiger partial charge in [0.15, 0.2) is 0 Å². The highest BCUT2D eigenvalue weighted by Gasteiger charge is 2.21. The predicted octanol–water partition coefficient (Wildman–Crippen LogP) is 11.2. The van der Waals surface area contributed by atoms with Gasteiger partial charge in [-0.25, -0.2) is 0 Å². The summed E-state index contributed by atoms with van der Waals surface area (Å²) in [5.74, 6) is 0.0612. The molecule has 0 aromatic heterocycles. The molecule has 10 nitrogen and oxygen atoms in total. The standard InChI is InChI=1S/C51H90N2O8/c1-40(2)18-13-22-44(9)26-32-58-48(54)36-52(37-49(55)59-33-27-45(10)23-14-19-41(3)4)30-17-31-53(38-50(56)60-34-28-46(11)24-15-20-42(5)6)39-51(57)61-35-29-47(12)25-16-21-43(7)8/h18-21,44-47H,13-17,22-39H2,1-12H3. The fourth-order valence-corrected chi connectivity index (χ4v) is 6.56. The quantitative estimate of drug-likeness (QED) is 0.0343. The third kappa shape index (κ3) is 38.2. The van der Waals surface area contributed by atoms with Crippen molar-refractivity contribution in [2.24, 2.45) is 23.7 Å². The van der Waals surface area contributed by atoms with Gasteiger partial charge in [0.05, 0.1) is 52.6 Å². The maximum atomic E-state index is 13.1. The van der Waals surface area contributed by atoms with Crippen molar-refractivity contribution in [2.75, 3.05) is 65.7 Å². The molecule has 0 aliphatic carbocycles. The molecule has 0 heterocycles. The number of rotatable bonds is 36. The fraction of sp³-hybridized carbons (Fsp3) is 0.765. The Morgan fingerprint density at radius 2 is 0.590 bits per heavy atom. The number of carbonyl (C=O) groups is 4. The molecule has 0 rings (SSSR count). The molecule has 4 unspecified atom stereocenters. The zero-order valence-corrected chi connectivity index (χ0v) is 41.0. The van der Waals surface area contributed by atoms with Crippen molar-refractivity contribution < 1.29 is 38.1 Å². The van der Waals surface area contributed by atoms with Gasteiger partial charge in [-0.3, -0.25) is 29.0 Å². The van der Waals surface area contributed by atoms with E-state index >= 15 is 0 Å². The van der Waals surface area contributed by atoms with E-state index in [0.29, 0.717) is 69.6 Å². The third-order valence-corrected chi connectivity index (χ3v) is 10.7. The number of allylic oxidation sites excluding steroid dienone is 8. The van der Waals surface area contributed by atoms with Crippen LogP contribution in [0.5, 0.6) is 0 Å². The van der Waals surface area contributed by atoms with Gasteiger partial charge in [0.2, 0.25) is 0 Å². The van der Waals surface area contributed by atoms with Crippen LogP contribution in [0.4, 0.5) is 0 Å². The van der Waals surface area contributed by atoms with E-state index in [1.165, 1.54) is 22.3 Å².